The van der Waals surface area contributed by atoms with Gasteiger partial charge in [0.1, 0.15) is 5.75 Å². The predicted molar refractivity (Wildman–Crippen MR) is 97.6 cm³/mol. The number of benzene rings is 1. The second kappa shape index (κ2) is 8.62. The number of hydrogen-bond donors (Lipinski definition) is 1. The number of nitrogens with zero attached hydrogens (tertiary/aromatic N) is 3. The van der Waals surface area contributed by atoms with E-state index in [1.807, 2.05) is 24.3 Å². The van der Waals surface area contributed by atoms with Crippen LogP contribution >= 0.6 is 0 Å². The molecule has 7 nitrogen and oxygen atoms in total. The Kier molecular flexibility index (Phi) is 6.01. The van der Waals surface area contributed by atoms with Crippen LogP contribution in [0.25, 0.3) is 5.57 Å². The van der Waals surface area contributed by atoms with E-state index in [0.29, 0.717) is 31.1 Å². The van der Waals surface area contributed by atoms with Gasteiger partial charge in [-0.3, -0.25) is 4.79 Å². The summed E-state index contributed by atoms with van der Waals surface area (Å²) in [6, 6.07) is 7.62. The zero-order valence-corrected chi connectivity index (χ0v) is 15.2. The van der Waals surface area contributed by atoms with Crippen molar-refractivity contribution >= 4 is 11.5 Å². The number of amides is 1. The first-order valence-corrected chi connectivity index (χ1v) is 8.75. The van der Waals surface area contributed by atoms with Crippen LogP contribution in [0.1, 0.15) is 30.1 Å². The van der Waals surface area contributed by atoms with E-state index in [1.165, 1.54) is 0 Å². The van der Waals surface area contributed by atoms with Crippen LogP contribution in [0.4, 0.5) is 0 Å². The minimum absolute atomic E-state index is 0.0610. The standard InChI is InChI=1S/C19H24N4O3/c1-23-11-9-14(10-12-23)19-21-18(26-22-19)8-7-17(24)20-13-15-5-3-4-6-16(15)25-2/h3-6,9H,7-8,10-13H2,1-2H3,(H,20,24). The van der Waals surface area contributed by atoms with Crippen molar-refractivity contribution in [3.63, 3.8) is 0 Å². The molecule has 2 heterocycles. The van der Waals surface area contributed by atoms with Crippen molar-refractivity contribution in [3.05, 3.63) is 47.6 Å². The first kappa shape index (κ1) is 18.1. The summed E-state index contributed by atoms with van der Waals surface area (Å²) in [5, 5.41) is 6.93. The molecule has 26 heavy (non-hydrogen) atoms. The average Bonchev–Trinajstić information content (AvgIpc) is 3.14. The molecule has 0 spiro atoms. The van der Waals surface area contributed by atoms with E-state index in [0.717, 1.165) is 36.4 Å². The van der Waals surface area contributed by atoms with E-state index >= 15 is 0 Å². The normalized spacial score (nSPS) is 14.8. The molecule has 2 aromatic rings. The number of nitrogens with one attached hydrogen (secondary N) is 1. The molecule has 7 heteroatoms. The van der Waals surface area contributed by atoms with Crippen LogP contribution in [0.3, 0.4) is 0 Å². The second-order valence-electron chi connectivity index (χ2n) is 6.34. The highest BCUT2D eigenvalue weighted by molar-refractivity contribution is 5.76. The van der Waals surface area contributed by atoms with Gasteiger partial charge in [0.15, 0.2) is 5.82 Å². The molecule has 138 valence electrons. The van der Waals surface area contributed by atoms with Gasteiger partial charge in [0, 0.05) is 38.0 Å². The zero-order valence-electron chi connectivity index (χ0n) is 15.2. The maximum Gasteiger partial charge on any atom is 0.227 e. The second-order valence-corrected chi connectivity index (χ2v) is 6.34. The van der Waals surface area contributed by atoms with Gasteiger partial charge in [-0.05, 0) is 25.1 Å². The summed E-state index contributed by atoms with van der Waals surface area (Å²) in [6.07, 6.45) is 3.77. The summed E-state index contributed by atoms with van der Waals surface area (Å²) >= 11 is 0. The number of likely N-dealkylation sites (N-methyl/N-ethyl adjacent to an activating group) is 1. The van der Waals surface area contributed by atoms with Crippen molar-refractivity contribution in [1.82, 2.24) is 20.4 Å². The number of hydrogen-bond acceptors (Lipinski definition) is 6. The van der Waals surface area contributed by atoms with E-state index in [4.69, 9.17) is 9.26 Å². The SMILES string of the molecule is COc1ccccc1CNC(=O)CCc1nc(C2=CCN(C)CC2)no1. The molecular formula is C19H24N4O3. The lowest BCUT2D eigenvalue weighted by molar-refractivity contribution is -0.121. The minimum Gasteiger partial charge on any atom is -0.496 e. The van der Waals surface area contributed by atoms with Crippen LogP contribution < -0.4 is 10.1 Å². The molecule has 0 aliphatic carbocycles. The maximum atomic E-state index is 12.1. The van der Waals surface area contributed by atoms with Crippen molar-refractivity contribution in [3.8, 4) is 5.75 Å². The minimum atomic E-state index is -0.0610. The Morgan fingerprint density at radius 2 is 2.23 bits per heavy atom. The van der Waals surface area contributed by atoms with Crippen LogP contribution in [0.5, 0.6) is 5.75 Å². The van der Waals surface area contributed by atoms with Gasteiger partial charge in [0.05, 0.1) is 7.11 Å². The molecule has 0 atom stereocenters. The smallest absolute Gasteiger partial charge is 0.227 e. The summed E-state index contributed by atoms with van der Waals surface area (Å²) < 4.78 is 10.6. The zero-order chi connectivity index (χ0) is 18.4. The van der Waals surface area contributed by atoms with Crippen LogP contribution in [0.15, 0.2) is 34.9 Å². The molecule has 1 aliphatic heterocycles. The maximum absolute atomic E-state index is 12.1. The number of aryl methyl sites for hydroxylation is 1. The molecule has 0 saturated carbocycles. The molecule has 1 aromatic heterocycles. The predicted octanol–water partition coefficient (Wildman–Crippen LogP) is 2.05. The summed E-state index contributed by atoms with van der Waals surface area (Å²) in [7, 11) is 3.70. The highest BCUT2D eigenvalue weighted by atomic mass is 16.5. The van der Waals surface area contributed by atoms with Gasteiger partial charge in [-0.15, -0.1) is 0 Å². The molecule has 1 aromatic carbocycles. The van der Waals surface area contributed by atoms with Gasteiger partial charge in [-0.1, -0.05) is 29.4 Å². The third kappa shape index (κ3) is 4.70. The lowest BCUT2D eigenvalue weighted by atomic mass is 10.1. The van der Waals surface area contributed by atoms with Crippen molar-refractivity contribution in [2.45, 2.75) is 25.8 Å². The number of ether oxygens (including phenoxy) is 1. The first-order chi connectivity index (χ1) is 12.7. The van der Waals surface area contributed by atoms with Gasteiger partial charge in [0.2, 0.25) is 11.8 Å². The molecule has 0 fully saturated rings. The van der Waals surface area contributed by atoms with Gasteiger partial charge >= 0.3 is 0 Å². The number of rotatable bonds is 7. The van der Waals surface area contributed by atoms with E-state index in [9.17, 15) is 4.79 Å². The number of methoxy groups -OCH3 is 1. The monoisotopic (exact) mass is 356 g/mol. The first-order valence-electron chi connectivity index (χ1n) is 8.75. The van der Waals surface area contributed by atoms with Crippen molar-refractivity contribution in [2.75, 3.05) is 27.2 Å². The molecular weight excluding hydrogens is 332 g/mol. The highest BCUT2D eigenvalue weighted by Crippen LogP contribution is 2.19. The quantitative estimate of drug-likeness (QED) is 0.818. The van der Waals surface area contributed by atoms with E-state index in [2.05, 4.69) is 33.5 Å². The largest absolute Gasteiger partial charge is 0.496 e. The van der Waals surface area contributed by atoms with Crippen LogP contribution in [-0.2, 0) is 17.8 Å². The Balaban J connectivity index is 1.48. The Morgan fingerprint density at radius 3 is 3.00 bits per heavy atom. The fourth-order valence-corrected chi connectivity index (χ4v) is 2.81. The molecule has 0 radical (unpaired) electrons. The topological polar surface area (TPSA) is 80.5 Å². The molecule has 0 unspecified atom stereocenters. The third-order valence-electron chi connectivity index (χ3n) is 4.40. The van der Waals surface area contributed by atoms with Crippen LogP contribution in [0.2, 0.25) is 0 Å². The van der Waals surface area contributed by atoms with Crippen molar-refractivity contribution in [2.24, 2.45) is 0 Å². The Bertz CT molecular complexity index is 785. The average molecular weight is 356 g/mol. The van der Waals surface area contributed by atoms with Gasteiger partial charge in [0.25, 0.3) is 0 Å². The van der Waals surface area contributed by atoms with Crippen molar-refractivity contribution in [1.29, 1.82) is 0 Å². The third-order valence-corrected chi connectivity index (χ3v) is 4.40. The highest BCUT2D eigenvalue weighted by Gasteiger charge is 2.16. The molecule has 1 N–H and O–H groups in total. The van der Waals surface area contributed by atoms with E-state index in [-0.39, 0.29) is 5.91 Å². The van der Waals surface area contributed by atoms with E-state index < -0.39 is 0 Å². The Morgan fingerprint density at radius 1 is 1.38 bits per heavy atom. The fourth-order valence-electron chi connectivity index (χ4n) is 2.81. The summed E-state index contributed by atoms with van der Waals surface area (Å²) in [4.78, 5) is 18.7. The van der Waals surface area contributed by atoms with Gasteiger partial charge in [-0.2, -0.15) is 4.98 Å². The summed E-state index contributed by atoms with van der Waals surface area (Å²) in [6.45, 7) is 2.31. The van der Waals surface area contributed by atoms with Gasteiger partial charge < -0.3 is 19.5 Å². The number of carbonyl (C=O) groups excluding carboxylic acids is 1. The fraction of sp³-hybridized carbons (Fsp3) is 0.421. The lowest BCUT2D eigenvalue weighted by Crippen LogP contribution is -2.24. The summed E-state index contributed by atoms with van der Waals surface area (Å²) in [5.74, 6) is 1.84. The Hall–Kier alpha value is -2.67. The Labute approximate surface area is 153 Å². The van der Waals surface area contributed by atoms with E-state index in [1.54, 1.807) is 7.11 Å². The lowest BCUT2D eigenvalue weighted by Gasteiger charge is -2.19. The number of aromatic nitrogens is 2. The molecule has 1 aliphatic rings. The van der Waals surface area contributed by atoms with Crippen molar-refractivity contribution < 1.29 is 14.1 Å². The molecule has 0 saturated heterocycles. The molecule has 0 bridgehead atoms. The molecule has 1 amide bonds. The van der Waals surface area contributed by atoms with Gasteiger partial charge in [-0.25, -0.2) is 0 Å². The summed E-state index contributed by atoms with van der Waals surface area (Å²) in [5.41, 5.74) is 2.05. The number of carbonyl (C=O) groups is 1. The molecule has 3 rings (SSSR count). The van der Waals surface area contributed by atoms with Crippen LogP contribution in [-0.4, -0.2) is 48.2 Å². The number of para-hydroxylation sites is 1. The van der Waals surface area contributed by atoms with Crippen LogP contribution in [0, 0.1) is 0 Å².